The first kappa shape index (κ1) is 14.8. The molecular weight excluding hydrogens is 278 g/mol. The van der Waals surface area contributed by atoms with E-state index >= 15 is 0 Å². The van der Waals surface area contributed by atoms with Crippen molar-refractivity contribution in [3.05, 3.63) is 32.9 Å². The lowest BCUT2D eigenvalue weighted by Crippen LogP contribution is -2.52. The number of hydrogen-bond donors (Lipinski definition) is 3. The number of aromatic nitrogens is 2. The van der Waals surface area contributed by atoms with Gasteiger partial charge in [0.05, 0.1) is 12.8 Å². The highest BCUT2D eigenvalue weighted by atomic mass is 19.1. The zero-order valence-corrected chi connectivity index (χ0v) is 10.8. The molecule has 1 aliphatic rings. The summed E-state index contributed by atoms with van der Waals surface area (Å²) in [5.74, 6) is -1.30. The Bertz CT molecular complexity index is 636. The fraction of sp³-hybridized carbons (Fsp3) is 0.636. The number of alkyl halides is 1. The van der Waals surface area contributed by atoms with Crippen LogP contribution in [-0.2, 0) is 4.74 Å². The number of halogens is 2. The average molecular weight is 292 g/mol. The monoisotopic (exact) mass is 292 g/mol. The minimum absolute atomic E-state index is 0.500. The molecule has 3 N–H and O–H groups in total. The molecule has 0 spiro atoms. The van der Waals surface area contributed by atoms with Crippen LogP contribution in [0.3, 0.4) is 0 Å². The van der Waals surface area contributed by atoms with Gasteiger partial charge in [0.1, 0.15) is 11.7 Å². The Morgan fingerprint density at radius 2 is 2.10 bits per heavy atom. The molecule has 20 heavy (non-hydrogen) atoms. The number of hydrogen-bond acceptors (Lipinski definition) is 5. The molecule has 1 fully saturated rings. The Labute approximate surface area is 111 Å². The summed E-state index contributed by atoms with van der Waals surface area (Å²) in [6.07, 6.45) is -2.49. The fourth-order valence-electron chi connectivity index (χ4n) is 2.16. The Morgan fingerprint density at radius 3 is 2.60 bits per heavy atom. The molecule has 0 aromatic carbocycles. The van der Waals surface area contributed by atoms with Crippen LogP contribution in [0.1, 0.15) is 20.1 Å². The topological polar surface area (TPSA) is 105 Å². The van der Waals surface area contributed by atoms with E-state index < -0.39 is 47.3 Å². The van der Waals surface area contributed by atoms with E-state index in [9.17, 15) is 23.5 Å². The van der Waals surface area contributed by atoms with Gasteiger partial charge in [0.2, 0.25) is 5.82 Å². The number of ether oxygens (including phenoxy) is 1. The molecule has 4 atom stereocenters. The molecule has 9 heteroatoms. The van der Waals surface area contributed by atoms with E-state index in [0.717, 1.165) is 13.8 Å². The maximum absolute atomic E-state index is 14.7. The first-order chi connectivity index (χ1) is 9.12. The molecule has 0 saturated carbocycles. The third-order valence-electron chi connectivity index (χ3n) is 3.72. The largest absolute Gasteiger partial charge is 0.394 e. The highest BCUT2D eigenvalue weighted by Gasteiger charge is 2.63. The van der Waals surface area contributed by atoms with Crippen LogP contribution in [0.25, 0.3) is 0 Å². The molecule has 112 valence electrons. The molecule has 1 aromatic rings. The Hall–Kier alpha value is -1.58. The van der Waals surface area contributed by atoms with E-state index in [0.29, 0.717) is 10.8 Å². The first-order valence-corrected chi connectivity index (χ1v) is 5.81. The van der Waals surface area contributed by atoms with Crippen molar-refractivity contribution in [2.75, 3.05) is 6.61 Å². The lowest BCUT2D eigenvalue weighted by atomic mass is 9.85. The van der Waals surface area contributed by atoms with Crippen molar-refractivity contribution in [1.29, 1.82) is 0 Å². The van der Waals surface area contributed by atoms with Crippen molar-refractivity contribution in [2.45, 2.75) is 37.4 Å². The van der Waals surface area contributed by atoms with Crippen molar-refractivity contribution in [3.8, 4) is 0 Å². The summed E-state index contributed by atoms with van der Waals surface area (Å²) >= 11 is 0. The molecular formula is C11H14F2N2O5. The van der Waals surface area contributed by atoms with Crippen molar-refractivity contribution in [2.24, 2.45) is 0 Å². The van der Waals surface area contributed by atoms with Crippen LogP contribution in [0.5, 0.6) is 0 Å². The SMILES string of the molecule is C[C@]1(O)[C@@H](CO)O[C@H](n2cc(F)c(=O)[nH]c2=O)[C@]1(C)F. The van der Waals surface area contributed by atoms with E-state index in [1.165, 1.54) is 0 Å². The minimum atomic E-state index is -2.49. The smallest absolute Gasteiger partial charge is 0.330 e. The van der Waals surface area contributed by atoms with Gasteiger partial charge in [0, 0.05) is 0 Å². The molecule has 0 bridgehead atoms. The predicted octanol–water partition coefficient (Wildman–Crippen LogP) is -0.955. The second-order valence-electron chi connectivity index (χ2n) is 5.03. The van der Waals surface area contributed by atoms with Gasteiger partial charge in [-0.1, -0.05) is 0 Å². The number of nitrogens with zero attached hydrogens (tertiary/aromatic N) is 1. The molecule has 1 saturated heterocycles. The molecule has 0 aliphatic carbocycles. The van der Waals surface area contributed by atoms with Gasteiger partial charge in [-0.3, -0.25) is 14.3 Å². The summed E-state index contributed by atoms with van der Waals surface area (Å²) in [6.45, 7) is 1.37. The van der Waals surface area contributed by atoms with E-state index in [1.807, 2.05) is 0 Å². The van der Waals surface area contributed by atoms with Crippen LogP contribution in [0.15, 0.2) is 15.8 Å². The number of H-pyrrole nitrogens is 1. The van der Waals surface area contributed by atoms with Gasteiger partial charge in [0.25, 0.3) is 5.56 Å². The van der Waals surface area contributed by atoms with Crippen LogP contribution in [0.2, 0.25) is 0 Å². The van der Waals surface area contributed by atoms with Gasteiger partial charge in [-0.25, -0.2) is 9.18 Å². The van der Waals surface area contributed by atoms with Gasteiger partial charge < -0.3 is 14.9 Å². The zero-order valence-electron chi connectivity index (χ0n) is 10.8. The standard InChI is InChI=1S/C11H14F2N2O5/c1-10(13)8(20-6(4-16)11(10,2)19)15-3-5(12)7(17)14-9(15)18/h3,6,8,16,19H,4H2,1-2H3,(H,14,17,18)/t6-,8+,10+,11+/m1/s1. The highest BCUT2D eigenvalue weighted by Crippen LogP contribution is 2.47. The predicted molar refractivity (Wildman–Crippen MR) is 62.4 cm³/mol. The molecule has 0 amide bonds. The first-order valence-electron chi connectivity index (χ1n) is 5.81. The molecule has 1 aromatic heterocycles. The average Bonchev–Trinajstić information content (AvgIpc) is 2.52. The molecule has 1 aliphatic heterocycles. The van der Waals surface area contributed by atoms with Gasteiger partial charge >= 0.3 is 5.69 Å². The molecule has 2 rings (SSSR count). The second-order valence-corrected chi connectivity index (χ2v) is 5.03. The lowest BCUT2D eigenvalue weighted by Gasteiger charge is -2.32. The van der Waals surface area contributed by atoms with E-state index in [1.54, 1.807) is 4.98 Å². The third-order valence-corrected chi connectivity index (χ3v) is 3.72. The van der Waals surface area contributed by atoms with Crippen LogP contribution >= 0.6 is 0 Å². The summed E-state index contributed by atoms with van der Waals surface area (Å²) in [6, 6.07) is 0. The van der Waals surface area contributed by atoms with E-state index in [4.69, 9.17) is 9.84 Å². The summed E-state index contributed by atoms with van der Waals surface area (Å²) in [7, 11) is 0. The summed E-state index contributed by atoms with van der Waals surface area (Å²) < 4.78 is 33.6. The van der Waals surface area contributed by atoms with Crippen LogP contribution in [0, 0.1) is 5.82 Å². The lowest BCUT2D eigenvalue weighted by molar-refractivity contribution is -0.0892. The van der Waals surface area contributed by atoms with Gasteiger partial charge in [0.15, 0.2) is 11.9 Å². The molecule has 2 heterocycles. The summed E-state index contributed by atoms with van der Waals surface area (Å²) in [4.78, 5) is 24.2. The minimum Gasteiger partial charge on any atom is -0.394 e. The van der Waals surface area contributed by atoms with Gasteiger partial charge in [-0.15, -0.1) is 0 Å². The maximum Gasteiger partial charge on any atom is 0.330 e. The quantitative estimate of drug-likeness (QED) is 0.651. The van der Waals surface area contributed by atoms with Crippen molar-refractivity contribution in [1.82, 2.24) is 9.55 Å². The van der Waals surface area contributed by atoms with Crippen molar-refractivity contribution >= 4 is 0 Å². The van der Waals surface area contributed by atoms with Crippen LogP contribution in [0.4, 0.5) is 8.78 Å². The molecule has 7 nitrogen and oxygen atoms in total. The van der Waals surface area contributed by atoms with E-state index in [-0.39, 0.29) is 0 Å². The summed E-state index contributed by atoms with van der Waals surface area (Å²) in [5, 5.41) is 19.2. The molecule has 0 radical (unpaired) electrons. The third kappa shape index (κ3) is 1.89. The van der Waals surface area contributed by atoms with Crippen LogP contribution in [-0.4, -0.2) is 43.7 Å². The normalized spacial score (nSPS) is 37.3. The highest BCUT2D eigenvalue weighted by molar-refractivity contribution is 5.09. The number of aromatic amines is 1. The van der Waals surface area contributed by atoms with Crippen molar-refractivity contribution in [3.63, 3.8) is 0 Å². The molecule has 0 unspecified atom stereocenters. The number of aliphatic hydroxyl groups is 2. The zero-order chi connectivity index (χ0) is 15.3. The second kappa shape index (κ2) is 4.47. The van der Waals surface area contributed by atoms with E-state index in [2.05, 4.69) is 0 Å². The Kier molecular flexibility index (Phi) is 3.31. The Balaban J connectivity index is 2.57. The Morgan fingerprint density at radius 1 is 1.50 bits per heavy atom. The maximum atomic E-state index is 14.7. The summed E-state index contributed by atoms with van der Waals surface area (Å²) in [5.41, 5.74) is -6.91. The van der Waals surface area contributed by atoms with Crippen LogP contribution < -0.4 is 11.2 Å². The fourth-order valence-corrected chi connectivity index (χ4v) is 2.16. The van der Waals surface area contributed by atoms with Crippen molar-refractivity contribution < 1.29 is 23.7 Å². The van der Waals surface area contributed by atoms with Gasteiger partial charge in [-0.2, -0.15) is 4.39 Å². The number of nitrogens with one attached hydrogen (secondary N) is 1. The van der Waals surface area contributed by atoms with Gasteiger partial charge in [-0.05, 0) is 13.8 Å². The number of rotatable bonds is 2. The number of aliphatic hydroxyl groups excluding tert-OH is 1.